The quantitative estimate of drug-likeness (QED) is 0.725. The van der Waals surface area contributed by atoms with E-state index in [9.17, 15) is 9.59 Å². The minimum Gasteiger partial charge on any atom is -0.461 e. The number of carbonyl (C=O) groups is 2. The zero-order chi connectivity index (χ0) is 13.9. The number of carbonyl (C=O) groups excluding carboxylic acids is 2. The van der Waals surface area contributed by atoms with E-state index in [0.717, 1.165) is 58.4 Å². The fourth-order valence-corrected chi connectivity index (χ4v) is 3.29. The van der Waals surface area contributed by atoms with Gasteiger partial charge in [0.2, 0.25) is 5.91 Å². The van der Waals surface area contributed by atoms with Crippen molar-refractivity contribution in [2.24, 2.45) is 5.92 Å². The Morgan fingerprint density at radius 3 is 2.60 bits per heavy atom. The van der Waals surface area contributed by atoms with E-state index in [0.29, 0.717) is 18.2 Å². The van der Waals surface area contributed by atoms with Crippen LogP contribution in [0.15, 0.2) is 0 Å². The van der Waals surface area contributed by atoms with Crippen LogP contribution in [0, 0.1) is 5.92 Å². The minimum absolute atomic E-state index is 0.0633. The summed E-state index contributed by atoms with van der Waals surface area (Å²) < 4.78 is 5.28. The van der Waals surface area contributed by atoms with Gasteiger partial charge in [-0.15, -0.1) is 0 Å². The van der Waals surface area contributed by atoms with Crippen molar-refractivity contribution in [2.75, 3.05) is 32.7 Å². The van der Waals surface area contributed by atoms with Crippen LogP contribution in [0.4, 0.5) is 0 Å². The summed E-state index contributed by atoms with van der Waals surface area (Å²) in [6.45, 7) is 4.46. The number of hydrogen-bond acceptors (Lipinski definition) is 4. The van der Waals surface area contributed by atoms with Crippen molar-refractivity contribution in [3.63, 3.8) is 0 Å². The van der Waals surface area contributed by atoms with Crippen molar-refractivity contribution in [3.05, 3.63) is 0 Å². The van der Waals surface area contributed by atoms with Gasteiger partial charge in [0.05, 0.1) is 0 Å². The van der Waals surface area contributed by atoms with Crippen molar-refractivity contribution in [2.45, 2.75) is 44.6 Å². The van der Waals surface area contributed by atoms with Gasteiger partial charge in [-0.3, -0.25) is 14.5 Å². The maximum atomic E-state index is 12.3. The van der Waals surface area contributed by atoms with E-state index in [1.54, 1.807) is 0 Å². The summed E-state index contributed by atoms with van der Waals surface area (Å²) >= 11 is 0. The average Bonchev–Trinajstić information content (AvgIpc) is 2.62. The topological polar surface area (TPSA) is 49.9 Å². The lowest BCUT2D eigenvalue weighted by Crippen LogP contribution is -2.41. The molecular weight excluding hydrogens is 256 g/mol. The van der Waals surface area contributed by atoms with E-state index < -0.39 is 0 Å². The van der Waals surface area contributed by atoms with Crippen molar-refractivity contribution < 1.29 is 14.3 Å². The normalized spacial score (nSPS) is 28.9. The third kappa shape index (κ3) is 3.14. The van der Waals surface area contributed by atoms with Gasteiger partial charge in [-0.05, 0) is 25.7 Å². The summed E-state index contributed by atoms with van der Waals surface area (Å²) in [5.41, 5.74) is 0. The Morgan fingerprint density at radius 2 is 1.95 bits per heavy atom. The fraction of sp³-hybridized carbons (Fsp3) is 0.867. The summed E-state index contributed by atoms with van der Waals surface area (Å²) in [4.78, 5) is 27.8. The van der Waals surface area contributed by atoms with E-state index >= 15 is 0 Å². The van der Waals surface area contributed by atoms with Gasteiger partial charge in [-0.1, -0.05) is 6.42 Å². The standard InChI is InChI=1S/C15H24N2O3/c18-14-6-5-13(20-14)11-16-7-2-8-17(10-9-16)15(19)12-3-1-4-12/h12-13H,1-11H2/t13-/m0/s1. The highest BCUT2D eigenvalue weighted by Gasteiger charge is 2.31. The number of rotatable bonds is 3. The molecule has 5 nitrogen and oxygen atoms in total. The highest BCUT2D eigenvalue weighted by molar-refractivity contribution is 5.79. The maximum absolute atomic E-state index is 12.3. The first-order valence-electron chi connectivity index (χ1n) is 7.93. The number of esters is 1. The van der Waals surface area contributed by atoms with Crippen LogP contribution in [-0.2, 0) is 14.3 Å². The molecule has 3 rings (SSSR count). The Bertz CT molecular complexity index is 381. The molecule has 1 aliphatic carbocycles. The first-order chi connectivity index (χ1) is 9.72. The van der Waals surface area contributed by atoms with Crippen LogP contribution in [0.1, 0.15) is 38.5 Å². The Hall–Kier alpha value is -1.10. The molecule has 0 spiro atoms. The molecule has 1 saturated carbocycles. The van der Waals surface area contributed by atoms with Crippen LogP contribution >= 0.6 is 0 Å². The molecule has 2 aliphatic heterocycles. The average molecular weight is 280 g/mol. The number of ether oxygens (including phenoxy) is 1. The Kier molecular flexibility index (Phi) is 4.24. The molecule has 0 aromatic carbocycles. The van der Waals surface area contributed by atoms with Gasteiger partial charge in [0, 0.05) is 45.1 Å². The lowest BCUT2D eigenvalue weighted by atomic mass is 9.84. The van der Waals surface area contributed by atoms with Crippen LogP contribution in [0.2, 0.25) is 0 Å². The zero-order valence-corrected chi connectivity index (χ0v) is 12.1. The summed E-state index contributed by atoms with van der Waals surface area (Å²) in [6.07, 6.45) is 5.87. The third-order valence-electron chi connectivity index (χ3n) is 4.78. The van der Waals surface area contributed by atoms with Gasteiger partial charge in [-0.2, -0.15) is 0 Å². The molecule has 112 valence electrons. The number of hydrogen-bond donors (Lipinski definition) is 0. The minimum atomic E-state index is -0.0633. The lowest BCUT2D eigenvalue weighted by molar-refractivity contribution is -0.142. The molecule has 1 amide bonds. The van der Waals surface area contributed by atoms with E-state index in [2.05, 4.69) is 4.90 Å². The molecule has 0 unspecified atom stereocenters. The van der Waals surface area contributed by atoms with Gasteiger partial charge in [0.15, 0.2) is 0 Å². The molecule has 2 saturated heterocycles. The van der Waals surface area contributed by atoms with E-state index in [1.807, 2.05) is 4.90 Å². The summed E-state index contributed by atoms with van der Waals surface area (Å²) in [7, 11) is 0. The van der Waals surface area contributed by atoms with Crippen LogP contribution < -0.4 is 0 Å². The van der Waals surface area contributed by atoms with Crippen molar-refractivity contribution in [1.82, 2.24) is 9.80 Å². The predicted molar refractivity (Wildman–Crippen MR) is 74.1 cm³/mol. The zero-order valence-electron chi connectivity index (χ0n) is 12.1. The largest absolute Gasteiger partial charge is 0.461 e. The number of nitrogens with zero attached hydrogens (tertiary/aromatic N) is 2. The molecule has 0 radical (unpaired) electrons. The molecular formula is C15H24N2O3. The maximum Gasteiger partial charge on any atom is 0.306 e. The Morgan fingerprint density at radius 1 is 1.10 bits per heavy atom. The van der Waals surface area contributed by atoms with Crippen molar-refractivity contribution >= 4 is 11.9 Å². The summed E-state index contributed by atoms with van der Waals surface area (Å²) in [5.74, 6) is 0.606. The first-order valence-corrected chi connectivity index (χ1v) is 7.93. The van der Waals surface area contributed by atoms with Gasteiger partial charge in [-0.25, -0.2) is 0 Å². The summed E-state index contributed by atoms with van der Waals surface area (Å²) in [6, 6.07) is 0. The van der Waals surface area contributed by atoms with Crippen molar-refractivity contribution in [3.8, 4) is 0 Å². The monoisotopic (exact) mass is 280 g/mol. The fourth-order valence-electron chi connectivity index (χ4n) is 3.29. The van der Waals surface area contributed by atoms with E-state index in [-0.39, 0.29) is 12.1 Å². The molecule has 0 N–H and O–H groups in total. The molecule has 5 heteroatoms. The highest BCUT2D eigenvalue weighted by Crippen LogP contribution is 2.28. The highest BCUT2D eigenvalue weighted by atomic mass is 16.5. The van der Waals surface area contributed by atoms with Crippen LogP contribution in [0.3, 0.4) is 0 Å². The second-order valence-corrected chi connectivity index (χ2v) is 6.26. The van der Waals surface area contributed by atoms with E-state index in [1.165, 1.54) is 6.42 Å². The van der Waals surface area contributed by atoms with Crippen LogP contribution in [0.5, 0.6) is 0 Å². The molecule has 20 heavy (non-hydrogen) atoms. The Balaban J connectivity index is 1.46. The molecule has 0 bridgehead atoms. The molecule has 1 atom stereocenters. The molecule has 0 aromatic heterocycles. The molecule has 2 heterocycles. The SMILES string of the molecule is O=C1CC[C@@H](CN2CCCN(C(=O)C3CCC3)CC2)O1. The van der Waals surface area contributed by atoms with Crippen molar-refractivity contribution in [1.29, 1.82) is 0 Å². The van der Waals surface area contributed by atoms with E-state index in [4.69, 9.17) is 4.74 Å². The van der Waals surface area contributed by atoms with Crippen LogP contribution in [0.25, 0.3) is 0 Å². The third-order valence-corrected chi connectivity index (χ3v) is 4.78. The number of amides is 1. The smallest absolute Gasteiger partial charge is 0.306 e. The molecule has 3 fully saturated rings. The predicted octanol–water partition coefficient (Wildman–Crippen LogP) is 1.03. The molecule has 0 aromatic rings. The Labute approximate surface area is 120 Å². The molecule has 3 aliphatic rings. The first kappa shape index (κ1) is 13.9. The summed E-state index contributed by atoms with van der Waals surface area (Å²) in [5, 5.41) is 0. The number of cyclic esters (lactones) is 1. The second-order valence-electron chi connectivity index (χ2n) is 6.26. The second kappa shape index (κ2) is 6.12. The van der Waals surface area contributed by atoms with Crippen LogP contribution in [-0.4, -0.2) is 60.5 Å². The van der Waals surface area contributed by atoms with Gasteiger partial charge in [0.25, 0.3) is 0 Å². The van der Waals surface area contributed by atoms with Gasteiger partial charge in [0.1, 0.15) is 6.10 Å². The lowest BCUT2D eigenvalue weighted by Gasteiger charge is -2.31. The van der Waals surface area contributed by atoms with Gasteiger partial charge < -0.3 is 9.64 Å². The van der Waals surface area contributed by atoms with Gasteiger partial charge >= 0.3 is 5.97 Å².